The van der Waals surface area contributed by atoms with Gasteiger partial charge in [-0.05, 0) is 5.92 Å². The summed E-state index contributed by atoms with van der Waals surface area (Å²) in [5, 5.41) is 3.16. The number of hydrogen-bond acceptors (Lipinski definition) is 4. The smallest absolute Gasteiger partial charge is 0.307 e. The quantitative estimate of drug-likeness (QED) is 0.483. The number of carbonyl (C=O) groups excluding carboxylic acids is 1. The summed E-state index contributed by atoms with van der Waals surface area (Å²) in [7, 11) is 0. The van der Waals surface area contributed by atoms with Crippen LogP contribution in [0.4, 0.5) is 0 Å². The minimum atomic E-state index is -0.165. The molecular formula is C12H25NO3. The molecule has 96 valence electrons. The molecule has 0 rings (SSSR count). The van der Waals surface area contributed by atoms with E-state index < -0.39 is 0 Å². The van der Waals surface area contributed by atoms with Gasteiger partial charge < -0.3 is 14.8 Å². The van der Waals surface area contributed by atoms with Gasteiger partial charge in [-0.3, -0.25) is 4.79 Å². The van der Waals surface area contributed by atoms with E-state index in [2.05, 4.69) is 19.2 Å². The van der Waals surface area contributed by atoms with Crippen LogP contribution in [0.5, 0.6) is 0 Å². The monoisotopic (exact) mass is 231 g/mol. The number of carbonyl (C=O) groups is 1. The Bertz CT molecular complexity index is 181. The van der Waals surface area contributed by atoms with Crippen molar-refractivity contribution in [2.75, 3.05) is 26.4 Å². The molecule has 0 aliphatic carbocycles. The van der Waals surface area contributed by atoms with E-state index in [0.29, 0.717) is 44.7 Å². The molecule has 0 aromatic heterocycles. The minimum Gasteiger partial charge on any atom is -0.463 e. The second-order valence-electron chi connectivity index (χ2n) is 4.55. The lowest BCUT2D eigenvalue weighted by atomic mass is 10.2. The van der Waals surface area contributed by atoms with E-state index in [1.54, 1.807) is 0 Å². The summed E-state index contributed by atoms with van der Waals surface area (Å²) >= 11 is 0. The Morgan fingerprint density at radius 3 is 2.44 bits per heavy atom. The highest BCUT2D eigenvalue weighted by molar-refractivity contribution is 5.69. The van der Waals surface area contributed by atoms with Crippen LogP contribution in [0.2, 0.25) is 0 Å². The van der Waals surface area contributed by atoms with Crippen LogP contribution in [0.3, 0.4) is 0 Å². The third kappa shape index (κ3) is 11.5. The first-order valence-electron chi connectivity index (χ1n) is 5.99. The van der Waals surface area contributed by atoms with Crippen LogP contribution in [0.25, 0.3) is 0 Å². The fraction of sp³-hybridized carbons (Fsp3) is 0.917. The van der Waals surface area contributed by atoms with Crippen molar-refractivity contribution in [2.45, 2.75) is 40.2 Å². The number of ether oxygens (including phenoxy) is 2. The molecule has 0 unspecified atom stereocenters. The van der Waals surface area contributed by atoms with E-state index in [-0.39, 0.29) is 5.97 Å². The van der Waals surface area contributed by atoms with E-state index in [1.165, 1.54) is 0 Å². The van der Waals surface area contributed by atoms with Crippen LogP contribution >= 0.6 is 0 Å². The molecule has 0 saturated carbocycles. The van der Waals surface area contributed by atoms with E-state index in [9.17, 15) is 4.79 Å². The maximum Gasteiger partial charge on any atom is 0.307 e. The summed E-state index contributed by atoms with van der Waals surface area (Å²) < 4.78 is 10.3. The van der Waals surface area contributed by atoms with Crippen LogP contribution in [-0.2, 0) is 14.3 Å². The second-order valence-corrected chi connectivity index (χ2v) is 4.55. The molecular weight excluding hydrogens is 206 g/mol. The zero-order valence-electron chi connectivity index (χ0n) is 10.9. The molecule has 0 bridgehead atoms. The normalized spacial score (nSPS) is 11.1. The third-order valence-electron chi connectivity index (χ3n) is 1.82. The van der Waals surface area contributed by atoms with Crippen molar-refractivity contribution in [3.05, 3.63) is 0 Å². The highest BCUT2D eigenvalue weighted by atomic mass is 16.6. The predicted octanol–water partition coefficient (Wildman–Crippen LogP) is 1.59. The summed E-state index contributed by atoms with van der Waals surface area (Å²) in [5.41, 5.74) is 0. The molecule has 0 fully saturated rings. The average Bonchev–Trinajstić information content (AvgIpc) is 2.16. The van der Waals surface area contributed by atoms with Crippen molar-refractivity contribution in [3.8, 4) is 0 Å². The Labute approximate surface area is 98.7 Å². The fourth-order valence-corrected chi connectivity index (χ4v) is 1.07. The molecule has 0 radical (unpaired) electrons. The Morgan fingerprint density at radius 2 is 1.88 bits per heavy atom. The van der Waals surface area contributed by atoms with Crippen molar-refractivity contribution < 1.29 is 14.3 Å². The highest BCUT2D eigenvalue weighted by Crippen LogP contribution is 1.92. The van der Waals surface area contributed by atoms with Crippen molar-refractivity contribution in [1.82, 2.24) is 5.32 Å². The molecule has 0 aromatic carbocycles. The molecule has 16 heavy (non-hydrogen) atoms. The summed E-state index contributed by atoms with van der Waals surface area (Å²) in [6.07, 6.45) is 0.419. The lowest BCUT2D eigenvalue weighted by molar-refractivity contribution is -0.145. The summed E-state index contributed by atoms with van der Waals surface area (Å²) in [6.45, 7) is 10.5. The number of hydrogen-bond donors (Lipinski definition) is 1. The molecule has 4 nitrogen and oxygen atoms in total. The fourth-order valence-electron chi connectivity index (χ4n) is 1.07. The second kappa shape index (κ2) is 9.60. The molecule has 0 spiro atoms. The summed E-state index contributed by atoms with van der Waals surface area (Å²) in [4.78, 5) is 11.2. The van der Waals surface area contributed by atoms with Crippen molar-refractivity contribution in [1.29, 1.82) is 0 Å². The molecule has 0 aliphatic rings. The number of esters is 1. The Kier molecular flexibility index (Phi) is 9.24. The van der Waals surface area contributed by atoms with Gasteiger partial charge in [0.25, 0.3) is 0 Å². The molecule has 0 saturated heterocycles. The van der Waals surface area contributed by atoms with Gasteiger partial charge in [0.15, 0.2) is 0 Å². The zero-order valence-corrected chi connectivity index (χ0v) is 10.9. The first kappa shape index (κ1) is 15.4. The maximum atomic E-state index is 11.2. The largest absolute Gasteiger partial charge is 0.463 e. The first-order chi connectivity index (χ1) is 7.52. The number of nitrogens with one attached hydrogen (secondary N) is 1. The van der Waals surface area contributed by atoms with Gasteiger partial charge >= 0.3 is 5.97 Å². The Morgan fingerprint density at radius 1 is 1.19 bits per heavy atom. The molecule has 0 aliphatic heterocycles. The highest BCUT2D eigenvalue weighted by Gasteiger charge is 2.03. The van der Waals surface area contributed by atoms with Crippen LogP contribution in [0, 0.1) is 5.92 Å². The lowest BCUT2D eigenvalue weighted by Gasteiger charge is -2.09. The Balaban J connectivity index is 3.24. The van der Waals surface area contributed by atoms with Gasteiger partial charge in [0.2, 0.25) is 0 Å². The van der Waals surface area contributed by atoms with E-state index in [4.69, 9.17) is 9.47 Å². The molecule has 0 atom stereocenters. The van der Waals surface area contributed by atoms with Crippen LogP contribution in [0.15, 0.2) is 0 Å². The molecule has 0 amide bonds. The van der Waals surface area contributed by atoms with Gasteiger partial charge in [0.05, 0.1) is 13.0 Å². The number of rotatable bonds is 9. The van der Waals surface area contributed by atoms with E-state index >= 15 is 0 Å². The van der Waals surface area contributed by atoms with Gasteiger partial charge in [-0.25, -0.2) is 0 Å². The minimum absolute atomic E-state index is 0.165. The molecule has 1 N–H and O–H groups in total. The van der Waals surface area contributed by atoms with Crippen molar-refractivity contribution >= 4 is 5.97 Å². The van der Waals surface area contributed by atoms with Gasteiger partial charge in [-0.15, -0.1) is 0 Å². The average molecular weight is 231 g/mol. The maximum absolute atomic E-state index is 11.2. The van der Waals surface area contributed by atoms with Crippen molar-refractivity contribution in [3.63, 3.8) is 0 Å². The summed E-state index contributed by atoms with van der Waals surface area (Å²) in [6, 6.07) is 0.405. The first-order valence-corrected chi connectivity index (χ1v) is 5.99. The van der Waals surface area contributed by atoms with E-state index in [1.807, 2.05) is 13.8 Å². The summed E-state index contributed by atoms with van der Waals surface area (Å²) in [5.74, 6) is 0.354. The van der Waals surface area contributed by atoms with Gasteiger partial charge in [0.1, 0.15) is 6.61 Å². The topological polar surface area (TPSA) is 47.6 Å². The van der Waals surface area contributed by atoms with Crippen molar-refractivity contribution in [2.24, 2.45) is 5.92 Å². The predicted molar refractivity (Wildman–Crippen MR) is 64.4 cm³/mol. The Hall–Kier alpha value is -0.610. The van der Waals surface area contributed by atoms with Gasteiger partial charge in [-0.1, -0.05) is 27.7 Å². The SMILES string of the molecule is CC(C)COCCOC(=O)CCNC(C)C. The van der Waals surface area contributed by atoms with Crippen LogP contribution < -0.4 is 5.32 Å². The van der Waals surface area contributed by atoms with Crippen LogP contribution in [0.1, 0.15) is 34.1 Å². The molecule has 4 heteroatoms. The zero-order chi connectivity index (χ0) is 12.4. The standard InChI is InChI=1S/C12H25NO3/c1-10(2)9-15-7-8-16-12(14)5-6-13-11(3)4/h10-11,13H,5-9H2,1-4H3. The van der Waals surface area contributed by atoms with E-state index in [0.717, 1.165) is 0 Å². The lowest BCUT2D eigenvalue weighted by Crippen LogP contribution is -2.26. The molecule has 0 heterocycles. The van der Waals surface area contributed by atoms with Gasteiger partial charge in [0, 0.05) is 19.2 Å². The third-order valence-corrected chi connectivity index (χ3v) is 1.82. The van der Waals surface area contributed by atoms with Gasteiger partial charge in [-0.2, -0.15) is 0 Å². The molecule has 0 aromatic rings. The van der Waals surface area contributed by atoms with Crippen LogP contribution in [-0.4, -0.2) is 38.4 Å².